The Morgan fingerprint density at radius 1 is 1.27 bits per heavy atom. The lowest BCUT2D eigenvalue weighted by molar-refractivity contribution is -0.139. The fourth-order valence-corrected chi connectivity index (χ4v) is 5.04. The first-order chi connectivity index (χ1) is 15.9. The highest BCUT2D eigenvalue weighted by atomic mass is 79.9. The van der Waals surface area contributed by atoms with Crippen LogP contribution >= 0.6 is 27.7 Å². The number of rotatable bonds is 7. The molecule has 2 aromatic carbocycles. The number of carbonyl (C=O) groups is 1. The van der Waals surface area contributed by atoms with E-state index in [1.807, 2.05) is 35.6 Å². The normalized spacial score (nSPS) is 17.1. The summed E-state index contributed by atoms with van der Waals surface area (Å²) in [5.74, 6) is 0.314. The van der Waals surface area contributed by atoms with Gasteiger partial charge in [0.2, 0.25) is 0 Å². The summed E-state index contributed by atoms with van der Waals surface area (Å²) in [5.41, 5.74) is 2.73. The molecule has 0 bridgehead atoms. The third kappa shape index (κ3) is 4.79. The molecule has 2 aliphatic heterocycles. The average Bonchev–Trinajstić information content (AvgIpc) is 3.26. The van der Waals surface area contributed by atoms with Crippen molar-refractivity contribution in [3.63, 3.8) is 0 Å². The predicted octanol–water partition coefficient (Wildman–Crippen LogP) is 5.94. The average molecular weight is 533 g/mol. The first kappa shape index (κ1) is 23.4. The van der Waals surface area contributed by atoms with Crippen molar-refractivity contribution in [3.05, 3.63) is 80.7 Å². The Kier molecular flexibility index (Phi) is 7.09. The van der Waals surface area contributed by atoms with Crippen LogP contribution in [0.25, 0.3) is 0 Å². The standard InChI is InChI=1S/C24H22BrFN2O4S/c1-4-31-23(29)20-14(2)27-24-28(9-10-33-24)21(20)16-11-18(25)22(19(12-16)30-3)32-13-15-5-7-17(26)8-6-15/h5-12,21H,4,13H2,1-3H3/t21-/m0/s1. The lowest BCUT2D eigenvalue weighted by Crippen LogP contribution is -2.34. The van der Waals surface area contributed by atoms with Gasteiger partial charge in [0.05, 0.1) is 35.5 Å². The molecule has 2 heterocycles. The smallest absolute Gasteiger partial charge is 0.338 e. The zero-order valence-electron chi connectivity index (χ0n) is 18.3. The van der Waals surface area contributed by atoms with Gasteiger partial charge >= 0.3 is 5.97 Å². The number of carbonyl (C=O) groups excluding carboxylic acids is 1. The maximum absolute atomic E-state index is 13.2. The van der Waals surface area contributed by atoms with Crippen LogP contribution < -0.4 is 9.47 Å². The number of allylic oxidation sites excluding steroid dienone is 1. The molecule has 172 valence electrons. The maximum Gasteiger partial charge on any atom is 0.338 e. The molecule has 0 spiro atoms. The van der Waals surface area contributed by atoms with E-state index in [-0.39, 0.29) is 19.0 Å². The second-order valence-corrected chi connectivity index (χ2v) is 9.00. The molecule has 6 nitrogen and oxygen atoms in total. The topological polar surface area (TPSA) is 60.4 Å². The molecular weight excluding hydrogens is 511 g/mol. The number of amidine groups is 1. The fraction of sp³-hybridized carbons (Fsp3) is 0.250. The Bertz CT molecular complexity index is 1160. The van der Waals surface area contributed by atoms with Crippen molar-refractivity contribution in [1.29, 1.82) is 0 Å². The van der Waals surface area contributed by atoms with E-state index < -0.39 is 12.0 Å². The van der Waals surface area contributed by atoms with Crippen molar-refractivity contribution in [2.75, 3.05) is 13.7 Å². The van der Waals surface area contributed by atoms with Gasteiger partial charge in [-0.05, 0) is 70.6 Å². The first-order valence-electron chi connectivity index (χ1n) is 10.3. The highest BCUT2D eigenvalue weighted by Gasteiger charge is 2.38. The minimum absolute atomic E-state index is 0.243. The molecule has 9 heteroatoms. The van der Waals surface area contributed by atoms with Crippen molar-refractivity contribution in [1.82, 2.24) is 4.90 Å². The van der Waals surface area contributed by atoms with Crippen LogP contribution in [-0.4, -0.2) is 29.8 Å². The van der Waals surface area contributed by atoms with Crippen LogP contribution in [-0.2, 0) is 16.1 Å². The van der Waals surface area contributed by atoms with Crippen LogP contribution in [0.1, 0.15) is 31.0 Å². The first-order valence-corrected chi connectivity index (χ1v) is 11.9. The third-order valence-electron chi connectivity index (χ3n) is 5.18. The summed E-state index contributed by atoms with van der Waals surface area (Å²) in [6.07, 6.45) is 1.90. The second-order valence-electron chi connectivity index (χ2n) is 7.28. The molecule has 0 aromatic heterocycles. The summed E-state index contributed by atoms with van der Waals surface area (Å²) in [4.78, 5) is 19.4. The Labute approximate surface area is 204 Å². The lowest BCUT2D eigenvalue weighted by Gasteiger charge is -2.33. The number of fused-ring (bicyclic) bond motifs is 1. The number of ether oxygens (including phenoxy) is 3. The van der Waals surface area contributed by atoms with E-state index in [0.717, 1.165) is 16.3 Å². The van der Waals surface area contributed by atoms with Gasteiger partial charge in [-0.2, -0.15) is 0 Å². The molecule has 4 rings (SSSR count). The van der Waals surface area contributed by atoms with Crippen molar-refractivity contribution < 1.29 is 23.4 Å². The van der Waals surface area contributed by atoms with Crippen LogP contribution in [0.15, 0.2) is 68.7 Å². The van der Waals surface area contributed by atoms with Crippen LogP contribution in [0, 0.1) is 5.82 Å². The third-order valence-corrected chi connectivity index (χ3v) is 6.54. The van der Waals surface area contributed by atoms with Crippen molar-refractivity contribution in [2.45, 2.75) is 26.5 Å². The Balaban J connectivity index is 1.70. The van der Waals surface area contributed by atoms with Crippen molar-refractivity contribution >= 4 is 38.8 Å². The van der Waals surface area contributed by atoms with Crippen molar-refractivity contribution in [3.8, 4) is 11.5 Å². The molecule has 0 saturated heterocycles. The Hall–Kier alpha value is -2.78. The van der Waals surface area contributed by atoms with Gasteiger partial charge in [0, 0.05) is 6.20 Å². The lowest BCUT2D eigenvalue weighted by atomic mass is 9.94. The number of hydrogen-bond acceptors (Lipinski definition) is 7. The summed E-state index contributed by atoms with van der Waals surface area (Å²) >= 11 is 5.09. The number of esters is 1. The maximum atomic E-state index is 13.2. The zero-order chi connectivity index (χ0) is 23.5. The van der Waals surface area contributed by atoms with Gasteiger partial charge in [0.15, 0.2) is 16.7 Å². The van der Waals surface area contributed by atoms with E-state index in [9.17, 15) is 9.18 Å². The molecule has 33 heavy (non-hydrogen) atoms. The summed E-state index contributed by atoms with van der Waals surface area (Å²) in [6.45, 7) is 4.10. The SMILES string of the molecule is CCOC(=O)C1=C(C)N=C2SC=CN2[C@H]1c1cc(Br)c(OCc2ccc(F)cc2)c(OC)c1. The predicted molar refractivity (Wildman–Crippen MR) is 130 cm³/mol. The van der Waals surface area contributed by atoms with Gasteiger partial charge in [0.1, 0.15) is 12.4 Å². The Morgan fingerprint density at radius 2 is 2.03 bits per heavy atom. The second kappa shape index (κ2) is 10.0. The molecule has 0 amide bonds. The van der Waals surface area contributed by atoms with E-state index in [2.05, 4.69) is 20.9 Å². The minimum atomic E-state index is -0.431. The molecule has 0 aliphatic carbocycles. The molecule has 2 aromatic rings. The largest absolute Gasteiger partial charge is 0.493 e. The van der Waals surface area contributed by atoms with Gasteiger partial charge in [-0.15, -0.1) is 0 Å². The minimum Gasteiger partial charge on any atom is -0.493 e. The van der Waals surface area contributed by atoms with Crippen LogP contribution in [0.3, 0.4) is 0 Å². The summed E-state index contributed by atoms with van der Waals surface area (Å²) in [5, 5.41) is 2.72. The molecule has 1 atom stereocenters. The zero-order valence-corrected chi connectivity index (χ0v) is 20.7. The number of halogens is 2. The number of thioether (sulfide) groups is 1. The molecule has 2 aliphatic rings. The summed E-state index contributed by atoms with van der Waals surface area (Å²) in [6, 6.07) is 9.44. The number of aliphatic imine (C=N–C) groups is 1. The van der Waals surface area contributed by atoms with Gasteiger partial charge in [0.25, 0.3) is 0 Å². The highest BCUT2D eigenvalue weighted by molar-refractivity contribution is 9.10. The molecule has 0 saturated carbocycles. The molecule has 0 fully saturated rings. The molecular formula is C24H22BrFN2O4S. The van der Waals surface area contributed by atoms with Crippen molar-refractivity contribution in [2.24, 2.45) is 4.99 Å². The van der Waals surface area contributed by atoms with Gasteiger partial charge in [-0.3, -0.25) is 0 Å². The summed E-state index contributed by atoms with van der Waals surface area (Å²) in [7, 11) is 1.56. The number of hydrogen-bond donors (Lipinski definition) is 0. The quantitative estimate of drug-likeness (QED) is 0.411. The molecule has 0 radical (unpaired) electrons. The number of benzene rings is 2. The molecule has 0 unspecified atom stereocenters. The monoisotopic (exact) mass is 532 g/mol. The van der Waals surface area contributed by atoms with E-state index in [4.69, 9.17) is 14.2 Å². The van der Waals surface area contributed by atoms with Gasteiger partial charge < -0.3 is 19.1 Å². The number of methoxy groups -OCH3 is 1. The van der Waals surface area contributed by atoms with Gasteiger partial charge in [-0.1, -0.05) is 23.9 Å². The molecule has 0 N–H and O–H groups in total. The van der Waals surface area contributed by atoms with Crippen LogP contribution in [0.4, 0.5) is 4.39 Å². The van der Waals surface area contributed by atoms with E-state index in [1.165, 1.54) is 23.9 Å². The summed E-state index contributed by atoms with van der Waals surface area (Å²) < 4.78 is 30.8. The van der Waals surface area contributed by atoms with Crippen LogP contribution in [0.5, 0.6) is 11.5 Å². The fourth-order valence-electron chi connectivity index (χ4n) is 3.67. The number of nitrogens with zero attached hydrogens (tertiary/aromatic N) is 2. The Morgan fingerprint density at radius 3 is 2.73 bits per heavy atom. The van der Waals surface area contributed by atoms with E-state index in [1.54, 1.807) is 26.2 Å². The van der Waals surface area contributed by atoms with Gasteiger partial charge in [-0.25, -0.2) is 14.2 Å². The highest BCUT2D eigenvalue weighted by Crippen LogP contribution is 2.45. The van der Waals surface area contributed by atoms with E-state index >= 15 is 0 Å². The van der Waals surface area contributed by atoms with Crippen LogP contribution in [0.2, 0.25) is 0 Å². The van der Waals surface area contributed by atoms with E-state index in [0.29, 0.717) is 27.2 Å².